The fourth-order valence-electron chi connectivity index (χ4n) is 2.35. The SMILES string of the molecule is CC(C)CS(=O)(=O)NC1CCN(c2ccccn2)C1. The molecule has 2 rings (SSSR count). The summed E-state index contributed by atoms with van der Waals surface area (Å²) in [7, 11) is -3.17. The quantitative estimate of drug-likeness (QED) is 0.883. The highest BCUT2D eigenvalue weighted by atomic mass is 32.2. The molecule has 106 valence electrons. The maximum atomic E-state index is 11.9. The first-order chi connectivity index (χ1) is 8.96. The van der Waals surface area contributed by atoms with Gasteiger partial charge < -0.3 is 4.90 Å². The molecule has 6 heteroatoms. The number of rotatable bonds is 5. The average molecular weight is 283 g/mol. The van der Waals surface area contributed by atoms with Crippen LogP contribution >= 0.6 is 0 Å². The van der Waals surface area contributed by atoms with Gasteiger partial charge in [-0.3, -0.25) is 0 Å². The van der Waals surface area contributed by atoms with Crippen LogP contribution in [0, 0.1) is 5.92 Å². The number of anilines is 1. The van der Waals surface area contributed by atoms with Crippen LogP contribution in [0.5, 0.6) is 0 Å². The summed E-state index contributed by atoms with van der Waals surface area (Å²) >= 11 is 0. The largest absolute Gasteiger partial charge is 0.355 e. The standard InChI is InChI=1S/C13H21N3O2S/c1-11(2)10-19(17,18)15-12-6-8-16(9-12)13-5-3-4-7-14-13/h3-5,7,11-12,15H,6,8-10H2,1-2H3. The molecule has 0 aliphatic carbocycles. The van der Waals surface area contributed by atoms with Gasteiger partial charge in [0.1, 0.15) is 5.82 Å². The first-order valence-electron chi connectivity index (χ1n) is 6.62. The van der Waals surface area contributed by atoms with Crippen molar-refractivity contribution in [2.45, 2.75) is 26.3 Å². The van der Waals surface area contributed by atoms with Gasteiger partial charge in [0.25, 0.3) is 0 Å². The lowest BCUT2D eigenvalue weighted by molar-refractivity contribution is 0.550. The molecule has 1 aromatic heterocycles. The molecule has 19 heavy (non-hydrogen) atoms. The second-order valence-corrected chi connectivity index (χ2v) is 7.21. The smallest absolute Gasteiger partial charge is 0.212 e. The van der Waals surface area contributed by atoms with Crippen LogP contribution in [0.3, 0.4) is 0 Å². The number of hydrogen-bond acceptors (Lipinski definition) is 4. The minimum atomic E-state index is -3.17. The van der Waals surface area contributed by atoms with Crippen molar-refractivity contribution in [1.29, 1.82) is 0 Å². The summed E-state index contributed by atoms with van der Waals surface area (Å²) in [6.07, 6.45) is 2.58. The molecule has 1 fully saturated rings. The molecule has 1 aliphatic heterocycles. The van der Waals surface area contributed by atoms with E-state index in [2.05, 4.69) is 14.6 Å². The zero-order valence-electron chi connectivity index (χ0n) is 11.4. The number of aromatic nitrogens is 1. The molecule has 5 nitrogen and oxygen atoms in total. The minimum absolute atomic E-state index is 0.00856. The number of sulfonamides is 1. The van der Waals surface area contributed by atoms with Gasteiger partial charge in [-0.2, -0.15) is 0 Å². The van der Waals surface area contributed by atoms with Gasteiger partial charge in [-0.15, -0.1) is 0 Å². The first-order valence-corrected chi connectivity index (χ1v) is 8.27. The van der Waals surface area contributed by atoms with Gasteiger partial charge in [-0.25, -0.2) is 18.1 Å². The Morgan fingerprint density at radius 2 is 2.26 bits per heavy atom. The molecule has 0 saturated carbocycles. The van der Waals surface area contributed by atoms with Crippen LogP contribution in [-0.2, 0) is 10.0 Å². The topological polar surface area (TPSA) is 62.3 Å². The second-order valence-electron chi connectivity index (χ2n) is 5.41. The van der Waals surface area contributed by atoms with Crippen molar-refractivity contribution in [2.24, 2.45) is 5.92 Å². The van der Waals surface area contributed by atoms with E-state index in [0.717, 1.165) is 18.8 Å². The van der Waals surface area contributed by atoms with Crippen molar-refractivity contribution in [1.82, 2.24) is 9.71 Å². The molecule has 1 atom stereocenters. The Hall–Kier alpha value is -1.14. The van der Waals surface area contributed by atoms with Crippen LogP contribution in [-0.4, -0.2) is 38.3 Å². The van der Waals surface area contributed by atoms with E-state index in [1.54, 1.807) is 6.20 Å². The van der Waals surface area contributed by atoms with Crippen molar-refractivity contribution in [3.05, 3.63) is 24.4 Å². The summed E-state index contributed by atoms with van der Waals surface area (Å²) in [6.45, 7) is 5.35. The van der Waals surface area contributed by atoms with Crippen molar-refractivity contribution in [3.8, 4) is 0 Å². The molecule has 1 N–H and O–H groups in total. The Morgan fingerprint density at radius 1 is 1.47 bits per heavy atom. The second kappa shape index (κ2) is 5.88. The molecule has 0 spiro atoms. The van der Waals surface area contributed by atoms with Gasteiger partial charge in [-0.05, 0) is 24.5 Å². The van der Waals surface area contributed by atoms with E-state index >= 15 is 0 Å². The lowest BCUT2D eigenvalue weighted by Gasteiger charge is -2.18. The van der Waals surface area contributed by atoms with Gasteiger partial charge in [0.05, 0.1) is 5.75 Å². The Morgan fingerprint density at radius 3 is 2.89 bits per heavy atom. The molecule has 1 unspecified atom stereocenters. The van der Waals surface area contributed by atoms with E-state index in [-0.39, 0.29) is 17.7 Å². The van der Waals surface area contributed by atoms with Crippen LogP contribution < -0.4 is 9.62 Å². The molecule has 1 aliphatic rings. The van der Waals surface area contributed by atoms with E-state index in [1.165, 1.54) is 0 Å². The molecule has 0 amide bonds. The Labute approximate surface area is 115 Å². The third-order valence-electron chi connectivity index (χ3n) is 3.06. The van der Waals surface area contributed by atoms with Gasteiger partial charge in [0, 0.05) is 25.3 Å². The third-order valence-corrected chi connectivity index (χ3v) is 4.86. The van der Waals surface area contributed by atoms with E-state index in [0.29, 0.717) is 6.54 Å². The first kappa shape index (κ1) is 14.3. The van der Waals surface area contributed by atoms with Crippen LogP contribution in [0.15, 0.2) is 24.4 Å². The van der Waals surface area contributed by atoms with Crippen molar-refractivity contribution in [2.75, 3.05) is 23.7 Å². The van der Waals surface area contributed by atoms with E-state index in [1.807, 2.05) is 32.0 Å². The van der Waals surface area contributed by atoms with Crippen molar-refractivity contribution >= 4 is 15.8 Å². The highest BCUT2D eigenvalue weighted by Gasteiger charge is 2.27. The van der Waals surface area contributed by atoms with Crippen molar-refractivity contribution < 1.29 is 8.42 Å². The summed E-state index contributed by atoms with van der Waals surface area (Å²) in [5.41, 5.74) is 0. The Kier molecular flexibility index (Phi) is 4.42. The minimum Gasteiger partial charge on any atom is -0.355 e. The fraction of sp³-hybridized carbons (Fsp3) is 0.615. The van der Waals surface area contributed by atoms with E-state index in [4.69, 9.17) is 0 Å². The monoisotopic (exact) mass is 283 g/mol. The van der Waals surface area contributed by atoms with Gasteiger partial charge in [0.15, 0.2) is 0 Å². The summed E-state index contributed by atoms with van der Waals surface area (Å²) < 4.78 is 26.6. The van der Waals surface area contributed by atoms with Gasteiger partial charge in [0.2, 0.25) is 10.0 Å². The molecule has 0 bridgehead atoms. The van der Waals surface area contributed by atoms with Crippen LogP contribution in [0.1, 0.15) is 20.3 Å². The predicted octanol–water partition coefficient (Wildman–Crippen LogP) is 1.24. The molecule has 2 heterocycles. The zero-order valence-corrected chi connectivity index (χ0v) is 12.2. The lowest BCUT2D eigenvalue weighted by Crippen LogP contribution is -2.39. The number of hydrogen-bond donors (Lipinski definition) is 1. The normalized spacial score (nSPS) is 20.2. The highest BCUT2D eigenvalue weighted by Crippen LogP contribution is 2.18. The van der Waals surface area contributed by atoms with Gasteiger partial charge in [-0.1, -0.05) is 19.9 Å². The van der Waals surface area contributed by atoms with Crippen molar-refractivity contribution in [3.63, 3.8) is 0 Å². The summed E-state index contributed by atoms with van der Waals surface area (Å²) in [5.74, 6) is 1.24. The van der Waals surface area contributed by atoms with E-state index < -0.39 is 10.0 Å². The van der Waals surface area contributed by atoms with Gasteiger partial charge >= 0.3 is 0 Å². The lowest BCUT2D eigenvalue weighted by atomic mass is 10.3. The third kappa shape index (κ3) is 4.18. The van der Waals surface area contributed by atoms with Crippen LogP contribution in [0.25, 0.3) is 0 Å². The zero-order chi connectivity index (χ0) is 13.9. The maximum Gasteiger partial charge on any atom is 0.212 e. The predicted molar refractivity (Wildman–Crippen MR) is 76.6 cm³/mol. The summed E-state index contributed by atoms with van der Waals surface area (Å²) in [4.78, 5) is 6.40. The van der Waals surface area contributed by atoms with E-state index in [9.17, 15) is 8.42 Å². The number of nitrogens with zero attached hydrogens (tertiary/aromatic N) is 2. The number of pyridine rings is 1. The molecule has 0 radical (unpaired) electrons. The summed E-state index contributed by atoms with van der Waals surface area (Å²) in [6, 6.07) is 5.76. The summed E-state index contributed by atoms with van der Waals surface area (Å²) in [5, 5.41) is 0. The molecule has 1 saturated heterocycles. The molecular weight excluding hydrogens is 262 g/mol. The average Bonchev–Trinajstić information content (AvgIpc) is 2.76. The Balaban J connectivity index is 1.93. The fourth-order valence-corrected chi connectivity index (χ4v) is 4.02. The Bertz CT molecular complexity index is 502. The maximum absolute atomic E-state index is 11.9. The molecular formula is C13H21N3O2S. The van der Waals surface area contributed by atoms with Crippen LogP contribution in [0.4, 0.5) is 5.82 Å². The molecule has 1 aromatic rings. The number of nitrogens with one attached hydrogen (secondary N) is 1. The highest BCUT2D eigenvalue weighted by molar-refractivity contribution is 7.89. The van der Waals surface area contributed by atoms with Crippen LogP contribution in [0.2, 0.25) is 0 Å². The molecule has 0 aromatic carbocycles.